The number of aliphatic hydroxyl groups excluding tert-OH is 1. The molecule has 0 saturated heterocycles. The maximum atomic E-state index is 11.3. The smallest absolute Gasteiger partial charge is 0.250 e. The third kappa shape index (κ3) is 3.53. The number of carbonyl (C=O) groups excluding carboxylic acids is 1. The summed E-state index contributed by atoms with van der Waals surface area (Å²) >= 11 is 0. The molecule has 1 amide bonds. The van der Waals surface area contributed by atoms with Gasteiger partial charge in [-0.15, -0.1) is 0 Å². The molecule has 1 unspecified atom stereocenters. The number of hydrogen-bond acceptors (Lipinski definition) is 3. The summed E-state index contributed by atoms with van der Waals surface area (Å²) in [5, 5.41) is 14.3. The topological polar surface area (TPSA) is 75.3 Å². The van der Waals surface area contributed by atoms with Crippen molar-refractivity contribution in [2.45, 2.75) is 12.5 Å². The molecule has 2 rings (SSSR count). The quantitative estimate of drug-likeness (QED) is 0.743. The minimum atomic E-state index is -1.11. The fourth-order valence-corrected chi connectivity index (χ4v) is 1.95. The lowest BCUT2D eigenvalue weighted by molar-refractivity contribution is -0.128. The standard InChI is InChI=1S/C15H18N2O2/c16-10-14(18)15(19)17-8-7-11-5-6-12-3-1-2-4-13(12)9-11/h1-6,9,14,18H,7-8,10,16H2,(H,17,19). The van der Waals surface area contributed by atoms with Crippen LogP contribution in [0.3, 0.4) is 0 Å². The molecule has 0 spiro atoms. The highest BCUT2D eigenvalue weighted by Gasteiger charge is 2.11. The zero-order valence-corrected chi connectivity index (χ0v) is 10.7. The van der Waals surface area contributed by atoms with Gasteiger partial charge in [0.05, 0.1) is 0 Å². The van der Waals surface area contributed by atoms with Gasteiger partial charge in [0.1, 0.15) is 6.10 Å². The Bertz CT molecular complexity index is 569. The summed E-state index contributed by atoms with van der Waals surface area (Å²) in [6, 6.07) is 14.4. The van der Waals surface area contributed by atoms with Crippen molar-refractivity contribution in [3.05, 3.63) is 48.0 Å². The Kier molecular flexibility index (Phi) is 4.49. The number of aliphatic hydroxyl groups is 1. The van der Waals surface area contributed by atoms with Crippen LogP contribution in [0.15, 0.2) is 42.5 Å². The number of rotatable bonds is 5. The van der Waals surface area contributed by atoms with Crippen LogP contribution in [0, 0.1) is 0 Å². The third-order valence-electron chi connectivity index (χ3n) is 3.05. The Balaban J connectivity index is 1.93. The second-order valence-corrected chi connectivity index (χ2v) is 4.47. The van der Waals surface area contributed by atoms with Crippen LogP contribution in [0.25, 0.3) is 10.8 Å². The molecule has 0 heterocycles. The number of amides is 1. The van der Waals surface area contributed by atoms with Gasteiger partial charge in [0.15, 0.2) is 0 Å². The second kappa shape index (κ2) is 6.31. The maximum absolute atomic E-state index is 11.3. The average Bonchev–Trinajstić information content (AvgIpc) is 2.46. The van der Waals surface area contributed by atoms with E-state index >= 15 is 0 Å². The highest BCUT2D eigenvalue weighted by molar-refractivity contribution is 5.83. The zero-order valence-electron chi connectivity index (χ0n) is 10.7. The van der Waals surface area contributed by atoms with Crippen molar-refractivity contribution in [1.29, 1.82) is 0 Å². The zero-order chi connectivity index (χ0) is 13.7. The van der Waals surface area contributed by atoms with Crippen LogP contribution in [0.4, 0.5) is 0 Å². The van der Waals surface area contributed by atoms with Crippen molar-refractivity contribution in [3.8, 4) is 0 Å². The summed E-state index contributed by atoms with van der Waals surface area (Å²) in [6.45, 7) is 0.441. The van der Waals surface area contributed by atoms with E-state index < -0.39 is 12.0 Å². The first-order valence-electron chi connectivity index (χ1n) is 6.34. The summed E-state index contributed by atoms with van der Waals surface area (Å²) in [4.78, 5) is 11.3. The van der Waals surface area contributed by atoms with Crippen molar-refractivity contribution < 1.29 is 9.90 Å². The number of nitrogens with one attached hydrogen (secondary N) is 1. The molecular weight excluding hydrogens is 240 g/mol. The van der Waals surface area contributed by atoms with Gasteiger partial charge in [-0.25, -0.2) is 0 Å². The van der Waals surface area contributed by atoms with Gasteiger partial charge in [-0.2, -0.15) is 0 Å². The molecule has 4 heteroatoms. The highest BCUT2D eigenvalue weighted by Crippen LogP contribution is 2.15. The first-order valence-corrected chi connectivity index (χ1v) is 6.34. The van der Waals surface area contributed by atoms with Crippen molar-refractivity contribution in [1.82, 2.24) is 5.32 Å². The highest BCUT2D eigenvalue weighted by atomic mass is 16.3. The Morgan fingerprint density at radius 1 is 1.21 bits per heavy atom. The predicted octanol–water partition coefficient (Wildman–Crippen LogP) is 0.818. The molecule has 19 heavy (non-hydrogen) atoms. The van der Waals surface area contributed by atoms with E-state index in [0.29, 0.717) is 6.54 Å². The van der Waals surface area contributed by atoms with Crippen molar-refractivity contribution >= 4 is 16.7 Å². The van der Waals surface area contributed by atoms with Crippen LogP contribution in [-0.4, -0.2) is 30.2 Å². The molecule has 0 fully saturated rings. The van der Waals surface area contributed by atoms with Gasteiger partial charge in [-0.1, -0.05) is 42.5 Å². The molecule has 1 atom stereocenters. The number of carbonyl (C=O) groups is 1. The van der Waals surface area contributed by atoms with E-state index in [2.05, 4.69) is 29.6 Å². The Labute approximate surface area is 112 Å². The molecule has 0 radical (unpaired) electrons. The lowest BCUT2D eigenvalue weighted by atomic mass is 10.1. The fraction of sp³-hybridized carbons (Fsp3) is 0.267. The minimum Gasteiger partial charge on any atom is -0.382 e. The molecule has 2 aromatic carbocycles. The second-order valence-electron chi connectivity index (χ2n) is 4.47. The van der Waals surface area contributed by atoms with Crippen LogP contribution in [0.2, 0.25) is 0 Å². The fourth-order valence-electron chi connectivity index (χ4n) is 1.95. The van der Waals surface area contributed by atoms with Gasteiger partial charge in [-0.3, -0.25) is 4.79 Å². The minimum absolute atomic E-state index is 0.0538. The SMILES string of the molecule is NCC(O)C(=O)NCCc1ccc2ccccc2c1. The summed E-state index contributed by atoms with van der Waals surface area (Å²) < 4.78 is 0. The van der Waals surface area contributed by atoms with E-state index in [-0.39, 0.29) is 6.54 Å². The van der Waals surface area contributed by atoms with E-state index in [1.165, 1.54) is 10.8 Å². The first-order chi connectivity index (χ1) is 9.20. The van der Waals surface area contributed by atoms with Gasteiger partial charge < -0.3 is 16.2 Å². The summed E-state index contributed by atoms with van der Waals surface area (Å²) in [6.07, 6.45) is -0.384. The normalized spacial score (nSPS) is 12.3. The number of hydrogen-bond donors (Lipinski definition) is 3. The van der Waals surface area contributed by atoms with Crippen LogP contribution >= 0.6 is 0 Å². The molecular formula is C15H18N2O2. The van der Waals surface area contributed by atoms with E-state index in [4.69, 9.17) is 5.73 Å². The molecule has 100 valence electrons. The van der Waals surface area contributed by atoms with Crippen LogP contribution < -0.4 is 11.1 Å². The molecule has 4 N–H and O–H groups in total. The van der Waals surface area contributed by atoms with E-state index in [9.17, 15) is 9.90 Å². The van der Waals surface area contributed by atoms with E-state index in [1.807, 2.05) is 18.2 Å². The van der Waals surface area contributed by atoms with Gasteiger partial charge in [-0.05, 0) is 22.8 Å². The van der Waals surface area contributed by atoms with Gasteiger partial charge in [0.25, 0.3) is 0 Å². The Hall–Kier alpha value is -1.91. The largest absolute Gasteiger partial charge is 0.382 e. The molecule has 0 aliphatic carbocycles. The van der Waals surface area contributed by atoms with Crippen molar-refractivity contribution in [2.75, 3.05) is 13.1 Å². The van der Waals surface area contributed by atoms with Crippen molar-refractivity contribution in [2.24, 2.45) is 5.73 Å². The Morgan fingerprint density at radius 3 is 2.68 bits per heavy atom. The number of benzene rings is 2. The molecule has 0 aliphatic heterocycles. The van der Waals surface area contributed by atoms with Crippen LogP contribution in [0.1, 0.15) is 5.56 Å². The lowest BCUT2D eigenvalue weighted by Crippen LogP contribution is -2.39. The molecule has 0 aromatic heterocycles. The molecule has 0 aliphatic rings. The molecule has 0 bridgehead atoms. The van der Waals surface area contributed by atoms with Gasteiger partial charge in [0.2, 0.25) is 5.91 Å². The number of nitrogens with two attached hydrogens (primary N) is 1. The third-order valence-corrected chi connectivity index (χ3v) is 3.05. The summed E-state index contributed by atoms with van der Waals surface area (Å²) in [7, 11) is 0. The first kappa shape index (κ1) is 13.5. The van der Waals surface area contributed by atoms with Crippen LogP contribution in [-0.2, 0) is 11.2 Å². The molecule has 2 aromatic rings. The maximum Gasteiger partial charge on any atom is 0.250 e. The molecule has 0 saturated carbocycles. The van der Waals surface area contributed by atoms with Gasteiger partial charge >= 0.3 is 0 Å². The monoisotopic (exact) mass is 258 g/mol. The van der Waals surface area contributed by atoms with Gasteiger partial charge in [0, 0.05) is 13.1 Å². The van der Waals surface area contributed by atoms with Crippen LogP contribution in [0.5, 0.6) is 0 Å². The lowest BCUT2D eigenvalue weighted by Gasteiger charge is -2.09. The van der Waals surface area contributed by atoms with Crippen molar-refractivity contribution in [3.63, 3.8) is 0 Å². The average molecular weight is 258 g/mol. The predicted molar refractivity (Wildman–Crippen MR) is 75.7 cm³/mol. The summed E-state index contributed by atoms with van der Waals surface area (Å²) in [5.41, 5.74) is 6.36. The van der Waals surface area contributed by atoms with E-state index in [0.717, 1.165) is 12.0 Å². The Morgan fingerprint density at radius 2 is 1.95 bits per heavy atom. The molecule has 4 nitrogen and oxygen atoms in total. The number of fused-ring (bicyclic) bond motifs is 1. The van der Waals surface area contributed by atoms with E-state index in [1.54, 1.807) is 0 Å². The summed E-state index contributed by atoms with van der Waals surface area (Å²) in [5.74, 6) is -0.414.